The number of thiocarbonyl (C=S) groups is 1. The van der Waals surface area contributed by atoms with Crippen LogP contribution >= 0.6 is 12.2 Å². The molecule has 0 amide bonds. The molecular formula is C13H15NS3. The van der Waals surface area contributed by atoms with E-state index >= 15 is 0 Å². The van der Waals surface area contributed by atoms with E-state index in [1.54, 1.807) is 0 Å². The Bertz CT molecular complexity index is 477. The van der Waals surface area contributed by atoms with Crippen molar-refractivity contribution < 1.29 is 0 Å². The summed E-state index contributed by atoms with van der Waals surface area (Å²) in [5.41, 5.74) is 1.28. The van der Waals surface area contributed by atoms with Crippen molar-refractivity contribution >= 4 is 42.9 Å². The lowest BCUT2D eigenvalue weighted by atomic mass is 9.94. The van der Waals surface area contributed by atoms with Gasteiger partial charge in [-0.2, -0.15) is 0 Å². The van der Waals surface area contributed by atoms with Crippen molar-refractivity contribution in [1.82, 2.24) is 0 Å². The second-order valence-corrected chi connectivity index (χ2v) is 7.67. The highest BCUT2D eigenvalue weighted by Gasteiger charge is 2.33. The molecule has 1 aliphatic carbocycles. The second-order valence-electron chi connectivity index (χ2n) is 4.66. The molecule has 0 spiro atoms. The second kappa shape index (κ2) is 4.75. The lowest BCUT2D eigenvalue weighted by Gasteiger charge is -2.32. The minimum Gasteiger partial charge on any atom is -0.323 e. The Morgan fingerprint density at radius 1 is 1.12 bits per heavy atom. The van der Waals surface area contributed by atoms with Gasteiger partial charge in [-0.3, -0.25) is 0 Å². The van der Waals surface area contributed by atoms with Crippen molar-refractivity contribution in [2.45, 2.75) is 43.0 Å². The molecule has 4 heteroatoms. The molecule has 1 aliphatic heterocycles. The first-order chi connectivity index (χ1) is 8.29. The van der Waals surface area contributed by atoms with Crippen LogP contribution in [0.1, 0.15) is 32.1 Å². The molecule has 0 saturated heterocycles. The summed E-state index contributed by atoms with van der Waals surface area (Å²) in [4.78, 5) is 3.62. The number of rotatable bonds is 1. The van der Waals surface area contributed by atoms with Crippen LogP contribution in [0.15, 0.2) is 29.2 Å². The van der Waals surface area contributed by atoms with Gasteiger partial charge in [-0.25, -0.2) is 0 Å². The summed E-state index contributed by atoms with van der Waals surface area (Å²) < 4.78 is 0.980. The van der Waals surface area contributed by atoms with E-state index in [0.717, 1.165) is 4.32 Å². The number of nitrogens with zero attached hydrogens (tertiary/aromatic N) is 1. The van der Waals surface area contributed by atoms with Crippen molar-refractivity contribution in [3.63, 3.8) is 0 Å². The Kier molecular flexibility index (Phi) is 3.28. The first kappa shape index (κ1) is 11.8. The molecule has 0 bridgehead atoms. The molecule has 17 heavy (non-hydrogen) atoms. The van der Waals surface area contributed by atoms with E-state index in [2.05, 4.69) is 29.2 Å². The number of benzene rings is 1. The third kappa shape index (κ3) is 1.96. The van der Waals surface area contributed by atoms with E-state index in [-0.39, 0.29) is 9.45 Å². The van der Waals surface area contributed by atoms with Crippen LogP contribution < -0.4 is 4.90 Å². The zero-order valence-corrected chi connectivity index (χ0v) is 12.0. The zero-order valence-electron chi connectivity index (χ0n) is 9.59. The summed E-state index contributed by atoms with van der Waals surface area (Å²) in [6, 6.07) is 9.07. The van der Waals surface area contributed by atoms with Gasteiger partial charge in [0.25, 0.3) is 0 Å². The number of hydrogen-bond donors (Lipinski definition) is 0. The fourth-order valence-electron chi connectivity index (χ4n) is 2.78. The van der Waals surface area contributed by atoms with E-state index in [0.29, 0.717) is 6.04 Å². The average molecular weight is 281 g/mol. The Morgan fingerprint density at radius 3 is 2.59 bits per heavy atom. The summed E-state index contributed by atoms with van der Waals surface area (Å²) in [6.07, 6.45) is 6.56. The van der Waals surface area contributed by atoms with E-state index in [1.807, 2.05) is 0 Å². The van der Waals surface area contributed by atoms with E-state index in [9.17, 15) is 0 Å². The summed E-state index contributed by atoms with van der Waals surface area (Å²) >= 11 is 11.2. The van der Waals surface area contributed by atoms with Crippen LogP contribution in [0.3, 0.4) is 0 Å². The van der Waals surface area contributed by atoms with Gasteiger partial charge in [0.05, 0.1) is 5.69 Å². The summed E-state index contributed by atoms with van der Waals surface area (Å²) in [6.45, 7) is 0. The first-order valence-corrected chi connectivity index (χ1v) is 8.69. The molecule has 90 valence electrons. The maximum atomic E-state index is 5.58. The topological polar surface area (TPSA) is 3.24 Å². The van der Waals surface area contributed by atoms with Crippen molar-refractivity contribution in [1.29, 1.82) is 0 Å². The molecule has 1 saturated carbocycles. The molecule has 3 rings (SSSR count). The molecule has 1 aromatic rings. The molecule has 1 fully saturated rings. The predicted molar refractivity (Wildman–Crippen MR) is 81.4 cm³/mol. The maximum absolute atomic E-state index is 5.58. The van der Waals surface area contributed by atoms with Gasteiger partial charge in [0, 0.05) is 10.9 Å². The molecule has 0 aromatic heterocycles. The van der Waals surface area contributed by atoms with Gasteiger partial charge in [-0.1, -0.05) is 43.6 Å². The largest absolute Gasteiger partial charge is 0.323 e. The van der Waals surface area contributed by atoms with Crippen molar-refractivity contribution in [2.24, 2.45) is 0 Å². The minimum absolute atomic E-state index is 0.284. The number of fused-ring (bicyclic) bond motifs is 1. The SMILES string of the molecule is S=C1N(C2CCCCC2)c2ccccc2S1=S. The van der Waals surface area contributed by atoms with Crippen LogP contribution in [-0.2, 0) is 20.6 Å². The quantitative estimate of drug-likeness (QED) is 0.572. The Hall–Kier alpha value is -0.320. The molecule has 0 radical (unpaired) electrons. The average Bonchev–Trinajstić information content (AvgIpc) is 2.64. The number of para-hydroxylation sites is 1. The molecule has 1 atom stereocenters. The number of hydrogen-bond acceptors (Lipinski definition) is 2. The minimum atomic E-state index is -0.284. The van der Waals surface area contributed by atoms with Crippen LogP contribution in [-0.4, -0.2) is 10.4 Å². The van der Waals surface area contributed by atoms with Crippen LogP contribution in [0, 0.1) is 0 Å². The molecule has 0 N–H and O–H groups in total. The standard InChI is InChI=1S/C13H15NS3/c15-13-14(10-6-2-1-3-7-10)11-8-4-5-9-12(11)17(13)16/h4-5,8-10H,1-3,6-7H2. The third-order valence-corrected chi connectivity index (χ3v) is 6.90. The van der Waals surface area contributed by atoms with Gasteiger partial charge in [-0.05, 0) is 45.6 Å². The monoisotopic (exact) mass is 281 g/mol. The molecule has 1 nitrogen and oxygen atoms in total. The van der Waals surface area contributed by atoms with Crippen LogP contribution in [0.2, 0.25) is 0 Å². The van der Waals surface area contributed by atoms with Crippen molar-refractivity contribution in [3.8, 4) is 0 Å². The van der Waals surface area contributed by atoms with Gasteiger partial charge < -0.3 is 4.90 Å². The van der Waals surface area contributed by atoms with Crippen molar-refractivity contribution in [3.05, 3.63) is 24.3 Å². The zero-order chi connectivity index (χ0) is 11.8. The molecule has 1 aromatic carbocycles. The van der Waals surface area contributed by atoms with Gasteiger partial charge in [0.1, 0.15) is 4.32 Å². The molecular weight excluding hydrogens is 266 g/mol. The first-order valence-electron chi connectivity index (χ1n) is 6.13. The Morgan fingerprint density at radius 2 is 1.82 bits per heavy atom. The fourth-order valence-corrected chi connectivity index (χ4v) is 5.13. The van der Waals surface area contributed by atoms with Crippen LogP contribution in [0.25, 0.3) is 0 Å². The van der Waals surface area contributed by atoms with Gasteiger partial charge in [0.15, 0.2) is 0 Å². The summed E-state index contributed by atoms with van der Waals surface area (Å²) in [5, 5.41) is 0. The van der Waals surface area contributed by atoms with Gasteiger partial charge >= 0.3 is 0 Å². The predicted octanol–water partition coefficient (Wildman–Crippen LogP) is 3.56. The lowest BCUT2D eigenvalue weighted by Crippen LogP contribution is -2.38. The van der Waals surface area contributed by atoms with E-state index in [1.165, 1.54) is 42.7 Å². The van der Waals surface area contributed by atoms with Gasteiger partial charge in [-0.15, -0.1) is 0 Å². The Balaban J connectivity index is 1.99. The summed E-state index contributed by atoms with van der Waals surface area (Å²) in [7, 11) is -0.284. The van der Waals surface area contributed by atoms with E-state index < -0.39 is 0 Å². The highest BCUT2D eigenvalue weighted by Crippen LogP contribution is 2.38. The molecule has 1 heterocycles. The summed E-state index contributed by atoms with van der Waals surface area (Å²) in [5.74, 6) is 0. The van der Waals surface area contributed by atoms with E-state index in [4.69, 9.17) is 23.4 Å². The normalized spacial score (nSPS) is 25.1. The highest BCUT2D eigenvalue weighted by molar-refractivity contribution is 8.42. The maximum Gasteiger partial charge on any atom is 0.150 e. The lowest BCUT2D eigenvalue weighted by molar-refractivity contribution is 0.442. The van der Waals surface area contributed by atoms with Crippen molar-refractivity contribution in [2.75, 3.05) is 4.90 Å². The van der Waals surface area contributed by atoms with Crippen LogP contribution in [0.4, 0.5) is 5.69 Å². The molecule has 1 unspecified atom stereocenters. The highest BCUT2D eigenvalue weighted by atomic mass is 32.8. The van der Waals surface area contributed by atoms with Crippen LogP contribution in [0.5, 0.6) is 0 Å². The fraction of sp³-hybridized carbons (Fsp3) is 0.462. The molecule has 2 aliphatic rings. The van der Waals surface area contributed by atoms with Gasteiger partial charge in [0.2, 0.25) is 0 Å². The Labute approximate surface area is 115 Å². The number of anilines is 1. The third-order valence-electron chi connectivity index (χ3n) is 3.62. The smallest absolute Gasteiger partial charge is 0.150 e.